The second-order valence-electron chi connectivity index (χ2n) is 4.96. The summed E-state index contributed by atoms with van der Waals surface area (Å²) in [7, 11) is 1.82. The molecule has 2 aromatic heterocycles. The van der Waals surface area contributed by atoms with Crippen LogP contribution in [0.25, 0.3) is 0 Å². The Morgan fingerprint density at radius 3 is 2.71 bits per heavy atom. The SMILES string of the molecule is Cn1cnc(CNc2nc(Cl)nc(N3CCCCC3)n2)n1. The van der Waals surface area contributed by atoms with Gasteiger partial charge in [0.05, 0.1) is 6.54 Å². The molecule has 1 fully saturated rings. The van der Waals surface area contributed by atoms with Crippen LogP contribution >= 0.6 is 11.6 Å². The third-order valence-corrected chi connectivity index (χ3v) is 3.46. The molecule has 0 amide bonds. The van der Waals surface area contributed by atoms with E-state index in [0.29, 0.717) is 24.3 Å². The van der Waals surface area contributed by atoms with Crippen LogP contribution in [0.2, 0.25) is 5.28 Å². The number of nitrogens with one attached hydrogen (secondary N) is 1. The normalized spacial score (nSPS) is 15.2. The zero-order valence-electron chi connectivity index (χ0n) is 11.8. The van der Waals surface area contributed by atoms with Gasteiger partial charge in [0.25, 0.3) is 0 Å². The van der Waals surface area contributed by atoms with E-state index in [0.717, 1.165) is 25.9 Å². The first kappa shape index (κ1) is 14.0. The summed E-state index contributed by atoms with van der Waals surface area (Å²) < 4.78 is 1.65. The average Bonchev–Trinajstić information content (AvgIpc) is 2.91. The van der Waals surface area contributed by atoms with Crippen LogP contribution in [0.4, 0.5) is 11.9 Å². The monoisotopic (exact) mass is 308 g/mol. The van der Waals surface area contributed by atoms with Crippen LogP contribution in [-0.4, -0.2) is 42.8 Å². The lowest BCUT2D eigenvalue weighted by Gasteiger charge is -2.26. The third kappa shape index (κ3) is 3.57. The minimum absolute atomic E-state index is 0.196. The molecule has 1 saturated heterocycles. The molecule has 1 aliphatic rings. The van der Waals surface area contributed by atoms with Crippen LogP contribution in [0, 0.1) is 0 Å². The van der Waals surface area contributed by atoms with Gasteiger partial charge in [-0.2, -0.15) is 20.1 Å². The highest BCUT2D eigenvalue weighted by Crippen LogP contribution is 2.18. The lowest BCUT2D eigenvalue weighted by molar-refractivity contribution is 0.567. The number of anilines is 2. The molecule has 0 aliphatic carbocycles. The largest absolute Gasteiger partial charge is 0.347 e. The van der Waals surface area contributed by atoms with Crippen LogP contribution < -0.4 is 10.2 Å². The quantitative estimate of drug-likeness (QED) is 0.910. The fourth-order valence-electron chi connectivity index (χ4n) is 2.28. The molecule has 3 rings (SSSR count). The first-order chi connectivity index (χ1) is 10.2. The molecule has 1 aliphatic heterocycles. The second kappa shape index (κ2) is 6.21. The second-order valence-corrected chi connectivity index (χ2v) is 5.30. The molecule has 0 unspecified atom stereocenters. The Morgan fingerprint density at radius 1 is 1.19 bits per heavy atom. The maximum atomic E-state index is 5.99. The summed E-state index contributed by atoms with van der Waals surface area (Å²) in [5.41, 5.74) is 0. The van der Waals surface area contributed by atoms with E-state index < -0.39 is 0 Å². The van der Waals surface area contributed by atoms with Crippen molar-refractivity contribution >= 4 is 23.5 Å². The van der Waals surface area contributed by atoms with Gasteiger partial charge in [-0.25, -0.2) is 4.98 Å². The molecule has 0 spiro atoms. The molecule has 112 valence electrons. The van der Waals surface area contributed by atoms with E-state index in [2.05, 4.69) is 35.3 Å². The number of hydrogen-bond acceptors (Lipinski definition) is 7. The third-order valence-electron chi connectivity index (χ3n) is 3.29. The van der Waals surface area contributed by atoms with Gasteiger partial charge < -0.3 is 10.2 Å². The van der Waals surface area contributed by atoms with E-state index in [4.69, 9.17) is 11.6 Å². The highest BCUT2D eigenvalue weighted by atomic mass is 35.5. The van der Waals surface area contributed by atoms with Crippen molar-refractivity contribution in [2.75, 3.05) is 23.3 Å². The molecule has 1 N–H and O–H groups in total. The standard InChI is InChI=1S/C12H17ClN8/c1-20-8-15-9(19-20)7-14-11-16-10(13)17-12(18-11)21-5-3-2-4-6-21/h8H,2-7H2,1H3,(H,14,16,17,18). The fraction of sp³-hybridized carbons (Fsp3) is 0.583. The lowest BCUT2D eigenvalue weighted by Crippen LogP contribution is -2.31. The van der Waals surface area contributed by atoms with Gasteiger partial charge in [0.15, 0.2) is 5.82 Å². The van der Waals surface area contributed by atoms with Crippen LogP contribution in [0.5, 0.6) is 0 Å². The van der Waals surface area contributed by atoms with Crippen molar-refractivity contribution in [3.63, 3.8) is 0 Å². The van der Waals surface area contributed by atoms with Gasteiger partial charge in [0, 0.05) is 20.1 Å². The van der Waals surface area contributed by atoms with E-state index in [1.54, 1.807) is 11.0 Å². The highest BCUT2D eigenvalue weighted by molar-refractivity contribution is 6.28. The molecule has 0 atom stereocenters. The van der Waals surface area contributed by atoms with E-state index in [9.17, 15) is 0 Å². The summed E-state index contributed by atoms with van der Waals surface area (Å²) in [5.74, 6) is 1.75. The predicted octanol–water partition coefficient (Wildman–Crippen LogP) is 1.26. The summed E-state index contributed by atoms with van der Waals surface area (Å²) in [5, 5.41) is 7.47. The molecule has 2 aromatic rings. The zero-order valence-corrected chi connectivity index (χ0v) is 12.6. The van der Waals surface area contributed by atoms with Crippen molar-refractivity contribution in [3.8, 4) is 0 Å². The predicted molar refractivity (Wildman–Crippen MR) is 79.2 cm³/mol. The summed E-state index contributed by atoms with van der Waals surface area (Å²) in [6.45, 7) is 2.36. The molecule has 3 heterocycles. The Kier molecular flexibility index (Phi) is 4.14. The molecule has 21 heavy (non-hydrogen) atoms. The number of piperidine rings is 1. The maximum Gasteiger partial charge on any atom is 0.231 e. The van der Waals surface area contributed by atoms with E-state index in [1.165, 1.54) is 6.42 Å². The number of aryl methyl sites for hydroxylation is 1. The van der Waals surface area contributed by atoms with Crippen LogP contribution in [-0.2, 0) is 13.6 Å². The first-order valence-electron chi connectivity index (χ1n) is 6.95. The Morgan fingerprint density at radius 2 is 2.00 bits per heavy atom. The van der Waals surface area contributed by atoms with Gasteiger partial charge in [-0.15, -0.1) is 0 Å². The molecular formula is C12H17ClN8. The topological polar surface area (TPSA) is 84.7 Å². The summed E-state index contributed by atoms with van der Waals surface area (Å²) in [4.78, 5) is 19.0. The van der Waals surface area contributed by atoms with Crippen LogP contribution in [0.1, 0.15) is 25.1 Å². The Hall–Kier alpha value is -1.96. The molecule has 0 saturated carbocycles. The fourth-order valence-corrected chi connectivity index (χ4v) is 2.43. The molecule has 9 heteroatoms. The van der Waals surface area contributed by atoms with E-state index in [1.807, 2.05) is 7.05 Å². The van der Waals surface area contributed by atoms with Crippen molar-refractivity contribution < 1.29 is 0 Å². The number of halogens is 1. The van der Waals surface area contributed by atoms with Gasteiger partial charge in [0.2, 0.25) is 17.2 Å². The molecule has 0 bridgehead atoms. The Balaban J connectivity index is 1.71. The molecule has 8 nitrogen and oxygen atoms in total. The number of aromatic nitrogens is 6. The van der Waals surface area contributed by atoms with Crippen molar-refractivity contribution in [1.82, 2.24) is 29.7 Å². The maximum absolute atomic E-state index is 5.99. The van der Waals surface area contributed by atoms with Crippen LogP contribution in [0.3, 0.4) is 0 Å². The van der Waals surface area contributed by atoms with E-state index >= 15 is 0 Å². The molecular weight excluding hydrogens is 292 g/mol. The van der Waals surface area contributed by atoms with Crippen molar-refractivity contribution in [1.29, 1.82) is 0 Å². The van der Waals surface area contributed by atoms with Crippen molar-refractivity contribution in [2.24, 2.45) is 7.05 Å². The van der Waals surface area contributed by atoms with E-state index in [-0.39, 0.29) is 5.28 Å². The minimum Gasteiger partial charge on any atom is -0.347 e. The lowest BCUT2D eigenvalue weighted by atomic mass is 10.1. The van der Waals surface area contributed by atoms with Gasteiger partial charge in [-0.05, 0) is 30.9 Å². The number of hydrogen-bond donors (Lipinski definition) is 1. The highest BCUT2D eigenvalue weighted by Gasteiger charge is 2.15. The van der Waals surface area contributed by atoms with Gasteiger partial charge >= 0.3 is 0 Å². The molecule has 0 aromatic carbocycles. The zero-order chi connectivity index (χ0) is 14.7. The molecule has 0 radical (unpaired) electrons. The van der Waals surface area contributed by atoms with Crippen molar-refractivity contribution in [2.45, 2.75) is 25.8 Å². The van der Waals surface area contributed by atoms with Crippen LogP contribution in [0.15, 0.2) is 6.33 Å². The number of nitrogens with zero attached hydrogens (tertiary/aromatic N) is 7. The number of rotatable bonds is 4. The van der Waals surface area contributed by atoms with Crippen molar-refractivity contribution in [3.05, 3.63) is 17.4 Å². The first-order valence-corrected chi connectivity index (χ1v) is 7.33. The smallest absolute Gasteiger partial charge is 0.231 e. The summed E-state index contributed by atoms with van der Waals surface area (Å²) >= 11 is 5.99. The van der Waals surface area contributed by atoms with Gasteiger partial charge in [-0.3, -0.25) is 4.68 Å². The Labute approximate surface area is 127 Å². The average molecular weight is 309 g/mol. The summed E-state index contributed by atoms with van der Waals surface area (Å²) in [6, 6.07) is 0. The minimum atomic E-state index is 0.196. The summed E-state index contributed by atoms with van der Waals surface area (Å²) in [6.07, 6.45) is 5.22. The Bertz CT molecular complexity index is 607. The van der Waals surface area contributed by atoms with Gasteiger partial charge in [-0.1, -0.05) is 0 Å². The van der Waals surface area contributed by atoms with Gasteiger partial charge in [0.1, 0.15) is 6.33 Å².